The first-order valence-electron chi connectivity index (χ1n) is 5.82. The summed E-state index contributed by atoms with van der Waals surface area (Å²) in [6.45, 7) is 6.14. The normalized spacial score (nSPS) is 11.4. The monoisotopic (exact) mass is 240 g/mol. The lowest BCUT2D eigenvalue weighted by Crippen LogP contribution is -2.33. The molecule has 0 bridgehead atoms. The number of nitrogens with two attached hydrogens (primary N) is 1. The summed E-state index contributed by atoms with van der Waals surface area (Å²) in [6, 6.07) is 5.47. The van der Waals surface area contributed by atoms with Crippen molar-refractivity contribution < 1.29 is 9.13 Å². The van der Waals surface area contributed by atoms with E-state index in [1.54, 1.807) is 25.3 Å². The summed E-state index contributed by atoms with van der Waals surface area (Å²) in [5, 5.41) is 0. The number of benzene rings is 1. The lowest BCUT2D eigenvalue weighted by atomic mass is 10.1. The molecule has 1 aromatic carbocycles. The Hall–Kier alpha value is -1.13. The predicted molar refractivity (Wildman–Crippen MR) is 68.2 cm³/mol. The first-order chi connectivity index (χ1) is 8.06. The largest absolute Gasteiger partial charge is 0.396 e. The SMILES string of the molecule is COCCN(Cc1cccc(N)c1F)C(C)C. The van der Waals surface area contributed by atoms with E-state index in [2.05, 4.69) is 18.7 Å². The van der Waals surface area contributed by atoms with Gasteiger partial charge in [0.05, 0.1) is 12.3 Å². The lowest BCUT2D eigenvalue weighted by molar-refractivity contribution is 0.124. The molecule has 0 aliphatic heterocycles. The Kier molecular flexibility index (Phi) is 5.38. The quantitative estimate of drug-likeness (QED) is 0.775. The Morgan fingerprint density at radius 3 is 2.71 bits per heavy atom. The number of nitrogens with zero attached hydrogens (tertiary/aromatic N) is 1. The highest BCUT2D eigenvalue weighted by molar-refractivity contribution is 5.42. The standard InChI is InChI=1S/C13H21FN2O/c1-10(2)16(7-8-17-3)9-11-5-4-6-12(15)13(11)14/h4-6,10H,7-9,15H2,1-3H3. The van der Waals surface area contributed by atoms with Crippen LogP contribution in [0.25, 0.3) is 0 Å². The Bertz CT molecular complexity index is 355. The molecule has 17 heavy (non-hydrogen) atoms. The maximum absolute atomic E-state index is 13.8. The van der Waals surface area contributed by atoms with E-state index >= 15 is 0 Å². The lowest BCUT2D eigenvalue weighted by Gasteiger charge is -2.26. The van der Waals surface area contributed by atoms with Gasteiger partial charge in [-0.15, -0.1) is 0 Å². The minimum Gasteiger partial charge on any atom is -0.396 e. The van der Waals surface area contributed by atoms with Gasteiger partial charge < -0.3 is 10.5 Å². The third-order valence-corrected chi connectivity index (χ3v) is 2.79. The molecule has 0 heterocycles. The summed E-state index contributed by atoms with van der Waals surface area (Å²) < 4.78 is 18.8. The van der Waals surface area contributed by atoms with Crippen molar-refractivity contribution >= 4 is 5.69 Å². The van der Waals surface area contributed by atoms with Gasteiger partial charge in [-0.2, -0.15) is 0 Å². The second-order valence-corrected chi connectivity index (χ2v) is 4.38. The number of anilines is 1. The van der Waals surface area contributed by atoms with Gasteiger partial charge in [-0.05, 0) is 19.9 Å². The van der Waals surface area contributed by atoms with Crippen LogP contribution in [0.15, 0.2) is 18.2 Å². The zero-order valence-electron chi connectivity index (χ0n) is 10.7. The number of nitrogen functional groups attached to an aromatic ring is 1. The Balaban J connectivity index is 2.75. The van der Waals surface area contributed by atoms with Crippen molar-refractivity contribution in [3.63, 3.8) is 0 Å². The van der Waals surface area contributed by atoms with E-state index < -0.39 is 0 Å². The van der Waals surface area contributed by atoms with E-state index in [1.165, 1.54) is 0 Å². The van der Waals surface area contributed by atoms with Crippen molar-refractivity contribution in [2.45, 2.75) is 26.4 Å². The van der Waals surface area contributed by atoms with Crippen molar-refractivity contribution in [2.75, 3.05) is 26.0 Å². The molecular formula is C13H21FN2O. The molecule has 2 N–H and O–H groups in total. The Labute approximate surface area is 102 Å². The van der Waals surface area contributed by atoms with Gasteiger partial charge in [-0.25, -0.2) is 4.39 Å². The number of methoxy groups -OCH3 is 1. The maximum atomic E-state index is 13.8. The summed E-state index contributed by atoms with van der Waals surface area (Å²) in [4.78, 5) is 2.15. The predicted octanol–water partition coefficient (Wildman–Crippen LogP) is 2.26. The van der Waals surface area contributed by atoms with Gasteiger partial charge in [0.15, 0.2) is 5.82 Å². The molecule has 4 heteroatoms. The topological polar surface area (TPSA) is 38.5 Å². The van der Waals surface area contributed by atoms with E-state index in [0.29, 0.717) is 24.8 Å². The maximum Gasteiger partial charge on any atom is 0.150 e. The number of hydrogen-bond acceptors (Lipinski definition) is 3. The smallest absolute Gasteiger partial charge is 0.150 e. The average Bonchev–Trinajstić information content (AvgIpc) is 2.29. The summed E-state index contributed by atoms with van der Waals surface area (Å²) in [5.74, 6) is -0.310. The number of rotatable bonds is 6. The fourth-order valence-corrected chi connectivity index (χ4v) is 1.67. The van der Waals surface area contributed by atoms with E-state index in [1.807, 2.05) is 0 Å². The van der Waals surface area contributed by atoms with Crippen LogP contribution in [0, 0.1) is 5.82 Å². The van der Waals surface area contributed by atoms with Crippen molar-refractivity contribution in [3.05, 3.63) is 29.6 Å². The summed E-state index contributed by atoms with van der Waals surface area (Å²) in [5.41, 5.74) is 6.39. The number of ether oxygens (including phenoxy) is 1. The third kappa shape index (κ3) is 3.98. The van der Waals surface area contributed by atoms with E-state index in [9.17, 15) is 4.39 Å². The molecule has 0 radical (unpaired) electrons. The van der Waals surface area contributed by atoms with Crippen molar-refractivity contribution in [3.8, 4) is 0 Å². The molecule has 0 spiro atoms. The van der Waals surface area contributed by atoms with Crippen LogP contribution in [0.1, 0.15) is 19.4 Å². The molecule has 0 fully saturated rings. The Morgan fingerprint density at radius 1 is 1.41 bits per heavy atom. The fourth-order valence-electron chi connectivity index (χ4n) is 1.67. The van der Waals surface area contributed by atoms with Crippen LogP contribution in [0.5, 0.6) is 0 Å². The highest BCUT2D eigenvalue weighted by Gasteiger charge is 2.13. The van der Waals surface area contributed by atoms with Crippen molar-refractivity contribution in [1.82, 2.24) is 4.90 Å². The third-order valence-electron chi connectivity index (χ3n) is 2.79. The van der Waals surface area contributed by atoms with Crippen LogP contribution < -0.4 is 5.73 Å². The fraction of sp³-hybridized carbons (Fsp3) is 0.538. The molecule has 0 saturated heterocycles. The number of hydrogen-bond donors (Lipinski definition) is 1. The average molecular weight is 240 g/mol. The minimum atomic E-state index is -0.310. The van der Waals surface area contributed by atoms with Crippen LogP contribution in [-0.2, 0) is 11.3 Å². The molecule has 0 aromatic heterocycles. The summed E-state index contributed by atoms with van der Waals surface area (Å²) in [6.07, 6.45) is 0. The van der Waals surface area contributed by atoms with Crippen LogP contribution in [0.2, 0.25) is 0 Å². The minimum absolute atomic E-state index is 0.206. The van der Waals surface area contributed by atoms with Crippen molar-refractivity contribution in [2.24, 2.45) is 0 Å². The van der Waals surface area contributed by atoms with Gasteiger partial charge >= 0.3 is 0 Å². The molecule has 0 unspecified atom stereocenters. The molecule has 1 aromatic rings. The van der Waals surface area contributed by atoms with Crippen LogP contribution in [0.4, 0.5) is 10.1 Å². The van der Waals surface area contributed by atoms with Crippen LogP contribution in [-0.4, -0.2) is 31.2 Å². The molecule has 0 atom stereocenters. The van der Waals surface area contributed by atoms with Gasteiger partial charge in [0.1, 0.15) is 0 Å². The second kappa shape index (κ2) is 6.57. The van der Waals surface area contributed by atoms with Crippen LogP contribution in [0.3, 0.4) is 0 Å². The summed E-state index contributed by atoms with van der Waals surface area (Å²) >= 11 is 0. The molecular weight excluding hydrogens is 219 g/mol. The van der Waals surface area contributed by atoms with Crippen molar-refractivity contribution in [1.29, 1.82) is 0 Å². The zero-order chi connectivity index (χ0) is 12.8. The molecule has 1 rings (SSSR count). The zero-order valence-corrected chi connectivity index (χ0v) is 10.7. The summed E-state index contributed by atoms with van der Waals surface area (Å²) in [7, 11) is 1.67. The first kappa shape index (κ1) is 13.9. The van der Waals surface area contributed by atoms with Gasteiger partial charge in [0.25, 0.3) is 0 Å². The molecule has 3 nitrogen and oxygen atoms in total. The molecule has 0 aliphatic rings. The molecule has 0 saturated carbocycles. The second-order valence-electron chi connectivity index (χ2n) is 4.38. The molecule has 96 valence electrons. The Morgan fingerprint density at radius 2 is 2.12 bits per heavy atom. The highest BCUT2D eigenvalue weighted by atomic mass is 19.1. The first-order valence-corrected chi connectivity index (χ1v) is 5.82. The molecule has 0 amide bonds. The van der Waals surface area contributed by atoms with Gasteiger partial charge in [0, 0.05) is 31.8 Å². The van der Waals surface area contributed by atoms with Crippen LogP contribution >= 0.6 is 0 Å². The van der Waals surface area contributed by atoms with Gasteiger partial charge in [0.2, 0.25) is 0 Å². The van der Waals surface area contributed by atoms with E-state index in [4.69, 9.17) is 10.5 Å². The van der Waals surface area contributed by atoms with E-state index in [0.717, 1.165) is 6.54 Å². The van der Waals surface area contributed by atoms with Gasteiger partial charge in [-0.3, -0.25) is 4.90 Å². The number of halogens is 1. The van der Waals surface area contributed by atoms with Gasteiger partial charge in [-0.1, -0.05) is 12.1 Å². The highest BCUT2D eigenvalue weighted by Crippen LogP contribution is 2.17. The molecule has 0 aliphatic carbocycles. The van der Waals surface area contributed by atoms with E-state index in [-0.39, 0.29) is 11.5 Å².